The van der Waals surface area contributed by atoms with E-state index >= 15 is 0 Å². The summed E-state index contributed by atoms with van der Waals surface area (Å²) in [6, 6.07) is 4.16. The second kappa shape index (κ2) is 6.91. The van der Waals surface area contributed by atoms with Crippen LogP contribution in [0.5, 0.6) is 0 Å². The first-order valence-electron chi connectivity index (χ1n) is 6.54. The van der Waals surface area contributed by atoms with Gasteiger partial charge in [0.05, 0.1) is 0 Å². The number of halogens is 3. The van der Waals surface area contributed by atoms with E-state index in [0.29, 0.717) is 13.0 Å². The van der Waals surface area contributed by atoms with Gasteiger partial charge in [0.25, 0.3) is 0 Å². The Morgan fingerprint density at radius 2 is 2.14 bits per heavy atom. The molecule has 2 rings (SSSR count). The van der Waals surface area contributed by atoms with Crippen molar-refractivity contribution in [1.29, 1.82) is 0 Å². The second-order valence-electron chi connectivity index (χ2n) is 4.66. The first-order chi connectivity index (χ1) is 10.3. The van der Waals surface area contributed by atoms with Crippen molar-refractivity contribution < 1.29 is 22.8 Å². The minimum absolute atomic E-state index is 0.0271. The molecule has 22 heavy (non-hydrogen) atoms. The summed E-state index contributed by atoms with van der Waals surface area (Å²) in [5.74, 6) is -0.261. The minimum Gasteiger partial charge on any atom is -0.354 e. The summed E-state index contributed by atoms with van der Waals surface area (Å²) in [5, 5.41) is 7.55. The Bertz CT molecular complexity index is 566. The Labute approximate surface area is 129 Å². The van der Waals surface area contributed by atoms with E-state index in [1.165, 1.54) is 24.3 Å². The SMILES string of the molecule is O=C(Nc1cccc(SC(F)(F)F)c1)N[C@H]1CCCNC1=O. The van der Waals surface area contributed by atoms with Crippen molar-refractivity contribution in [3.63, 3.8) is 0 Å². The van der Waals surface area contributed by atoms with Gasteiger partial charge in [-0.15, -0.1) is 0 Å². The van der Waals surface area contributed by atoms with Gasteiger partial charge in [0, 0.05) is 17.1 Å². The average Bonchev–Trinajstić information content (AvgIpc) is 2.40. The maximum Gasteiger partial charge on any atom is 0.446 e. The standard InChI is InChI=1S/C13H14F3N3O2S/c14-13(15,16)22-9-4-1-3-8(7-9)18-12(21)19-10-5-2-6-17-11(10)20/h1,3-4,7,10H,2,5-6H2,(H,17,20)(H2,18,19,21)/t10-/m0/s1. The molecule has 120 valence electrons. The number of thioether (sulfide) groups is 1. The molecule has 5 nitrogen and oxygen atoms in total. The largest absolute Gasteiger partial charge is 0.446 e. The van der Waals surface area contributed by atoms with Gasteiger partial charge in [-0.3, -0.25) is 4.79 Å². The molecule has 1 saturated heterocycles. The Kier molecular flexibility index (Phi) is 5.17. The molecule has 9 heteroatoms. The maximum absolute atomic E-state index is 12.3. The third-order valence-corrected chi connectivity index (χ3v) is 3.64. The molecule has 1 aliphatic rings. The lowest BCUT2D eigenvalue weighted by Crippen LogP contribution is -2.51. The number of hydrogen-bond acceptors (Lipinski definition) is 3. The summed E-state index contributed by atoms with van der Waals surface area (Å²) in [5.41, 5.74) is -4.16. The lowest BCUT2D eigenvalue weighted by Gasteiger charge is -2.22. The third kappa shape index (κ3) is 5.14. The Morgan fingerprint density at radius 3 is 2.82 bits per heavy atom. The van der Waals surface area contributed by atoms with Crippen LogP contribution in [0.25, 0.3) is 0 Å². The molecule has 0 bridgehead atoms. The summed E-state index contributed by atoms with van der Waals surface area (Å²) in [6.45, 7) is 0.579. The number of carbonyl (C=O) groups is 2. The molecule has 1 heterocycles. The lowest BCUT2D eigenvalue weighted by atomic mass is 10.1. The fourth-order valence-electron chi connectivity index (χ4n) is 2.01. The quantitative estimate of drug-likeness (QED) is 0.745. The molecule has 0 unspecified atom stereocenters. The molecular formula is C13H14F3N3O2S. The van der Waals surface area contributed by atoms with Crippen LogP contribution in [0.3, 0.4) is 0 Å². The van der Waals surface area contributed by atoms with Crippen molar-refractivity contribution in [2.45, 2.75) is 29.3 Å². The smallest absolute Gasteiger partial charge is 0.354 e. The van der Waals surface area contributed by atoms with Crippen LogP contribution in [0.1, 0.15) is 12.8 Å². The van der Waals surface area contributed by atoms with E-state index in [0.717, 1.165) is 6.42 Å². The van der Waals surface area contributed by atoms with E-state index in [-0.39, 0.29) is 28.3 Å². The highest BCUT2D eigenvalue weighted by atomic mass is 32.2. The highest BCUT2D eigenvalue weighted by Gasteiger charge is 2.29. The van der Waals surface area contributed by atoms with Gasteiger partial charge in [-0.1, -0.05) is 6.07 Å². The molecule has 1 aromatic rings. The van der Waals surface area contributed by atoms with Crippen LogP contribution in [-0.2, 0) is 4.79 Å². The molecule has 1 atom stereocenters. The Balaban J connectivity index is 1.93. The minimum atomic E-state index is -4.39. The number of nitrogens with one attached hydrogen (secondary N) is 3. The van der Waals surface area contributed by atoms with Gasteiger partial charge >= 0.3 is 11.5 Å². The van der Waals surface area contributed by atoms with Gasteiger partial charge in [0.2, 0.25) is 5.91 Å². The van der Waals surface area contributed by atoms with Crippen molar-refractivity contribution in [3.8, 4) is 0 Å². The monoisotopic (exact) mass is 333 g/mol. The van der Waals surface area contributed by atoms with Gasteiger partial charge in [0.15, 0.2) is 0 Å². The van der Waals surface area contributed by atoms with Crippen LogP contribution >= 0.6 is 11.8 Å². The second-order valence-corrected chi connectivity index (χ2v) is 5.80. The highest BCUT2D eigenvalue weighted by molar-refractivity contribution is 8.00. The summed E-state index contributed by atoms with van der Waals surface area (Å²) >= 11 is -0.258. The first kappa shape index (κ1) is 16.5. The molecular weight excluding hydrogens is 319 g/mol. The van der Waals surface area contributed by atoms with Crippen LogP contribution in [0.2, 0.25) is 0 Å². The molecule has 0 aromatic heterocycles. The number of urea groups is 1. The number of piperidine rings is 1. The third-order valence-electron chi connectivity index (χ3n) is 2.92. The van der Waals surface area contributed by atoms with Gasteiger partial charge in [-0.25, -0.2) is 4.79 Å². The number of benzene rings is 1. The molecule has 1 aliphatic heterocycles. The van der Waals surface area contributed by atoms with Gasteiger partial charge in [-0.2, -0.15) is 13.2 Å². The molecule has 3 N–H and O–H groups in total. The van der Waals surface area contributed by atoms with Crippen LogP contribution in [0.4, 0.5) is 23.7 Å². The van der Waals surface area contributed by atoms with Gasteiger partial charge < -0.3 is 16.0 Å². The summed E-state index contributed by atoms with van der Waals surface area (Å²) in [6.07, 6.45) is 1.29. The van der Waals surface area contributed by atoms with Crippen molar-refractivity contribution >= 4 is 29.4 Å². The summed E-state index contributed by atoms with van der Waals surface area (Å²) < 4.78 is 36.9. The van der Waals surface area contributed by atoms with Crippen LogP contribution in [0.15, 0.2) is 29.2 Å². The van der Waals surface area contributed by atoms with E-state index in [1.807, 2.05) is 0 Å². The van der Waals surface area contributed by atoms with Crippen LogP contribution < -0.4 is 16.0 Å². The Hall–Kier alpha value is -1.90. The van der Waals surface area contributed by atoms with Crippen LogP contribution in [0, 0.1) is 0 Å². The van der Waals surface area contributed by atoms with Crippen molar-refractivity contribution in [2.75, 3.05) is 11.9 Å². The number of hydrogen-bond donors (Lipinski definition) is 3. The van der Waals surface area contributed by atoms with E-state index in [9.17, 15) is 22.8 Å². The normalized spacial score (nSPS) is 18.5. The fraction of sp³-hybridized carbons (Fsp3) is 0.385. The molecule has 0 aliphatic carbocycles. The number of amides is 3. The van der Waals surface area contributed by atoms with Crippen LogP contribution in [-0.4, -0.2) is 30.0 Å². The van der Waals surface area contributed by atoms with E-state index in [2.05, 4.69) is 16.0 Å². The molecule has 0 spiro atoms. The summed E-state index contributed by atoms with van der Waals surface area (Å²) in [4.78, 5) is 23.3. The lowest BCUT2D eigenvalue weighted by molar-refractivity contribution is -0.124. The zero-order chi connectivity index (χ0) is 16.2. The van der Waals surface area contributed by atoms with E-state index in [1.54, 1.807) is 0 Å². The highest BCUT2D eigenvalue weighted by Crippen LogP contribution is 2.37. The summed E-state index contributed by atoms with van der Waals surface area (Å²) in [7, 11) is 0. The van der Waals surface area contributed by atoms with Crippen molar-refractivity contribution in [2.24, 2.45) is 0 Å². The number of rotatable bonds is 3. The molecule has 0 saturated carbocycles. The topological polar surface area (TPSA) is 70.2 Å². The number of alkyl halides is 3. The van der Waals surface area contributed by atoms with Gasteiger partial charge in [-0.05, 0) is 42.8 Å². The number of anilines is 1. The van der Waals surface area contributed by atoms with E-state index < -0.39 is 17.6 Å². The predicted octanol–water partition coefficient (Wildman–Crippen LogP) is 2.70. The van der Waals surface area contributed by atoms with E-state index in [4.69, 9.17) is 0 Å². The average molecular weight is 333 g/mol. The fourth-order valence-corrected chi connectivity index (χ4v) is 2.61. The van der Waals surface area contributed by atoms with Crippen molar-refractivity contribution in [1.82, 2.24) is 10.6 Å². The maximum atomic E-state index is 12.3. The number of carbonyl (C=O) groups excluding carboxylic acids is 2. The predicted molar refractivity (Wildman–Crippen MR) is 76.5 cm³/mol. The first-order valence-corrected chi connectivity index (χ1v) is 7.36. The molecule has 1 aromatic carbocycles. The molecule has 0 radical (unpaired) electrons. The van der Waals surface area contributed by atoms with Gasteiger partial charge in [0.1, 0.15) is 6.04 Å². The Morgan fingerprint density at radius 1 is 1.36 bits per heavy atom. The molecule has 3 amide bonds. The molecule has 1 fully saturated rings. The zero-order valence-electron chi connectivity index (χ0n) is 11.4. The van der Waals surface area contributed by atoms with Crippen molar-refractivity contribution in [3.05, 3.63) is 24.3 Å². The zero-order valence-corrected chi connectivity index (χ0v) is 12.2.